The Balaban J connectivity index is 2.11. The Morgan fingerprint density at radius 1 is 1.29 bits per heavy atom. The average Bonchev–Trinajstić information content (AvgIpc) is 2.75. The lowest BCUT2D eigenvalue weighted by Gasteiger charge is -2.13. The number of halogens is 3. The number of benzene rings is 2. The molecule has 3 aromatic rings. The molecule has 3 nitrogen and oxygen atoms in total. The van der Waals surface area contributed by atoms with Crippen LogP contribution in [0.15, 0.2) is 50.1 Å². The van der Waals surface area contributed by atoms with Gasteiger partial charge < -0.3 is 4.42 Å². The Bertz CT molecular complexity index is 887. The van der Waals surface area contributed by atoms with Crippen LogP contribution in [-0.4, -0.2) is 4.57 Å². The van der Waals surface area contributed by atoms with Crippen molar-refractivity contribution in [1.29, 1.82) is 0 Å². The number of aromatic nitrogens is 1. The summed E-state index contributed by atoms with van der Waals surface area (Å²) < 4.78 is 8.76. The number of rotatable bonds is 2. The summed E-state index contributed by atoms with van der Waals surface area (Å²) in [5, 5.41) is -0.316. The Kier molecular flexibility index (Phi) is 4.16. The molecule has 0 fully saturated rings. The monoisotopic (exact) mass is 477 g/mol. The van der Waals surface area contributed by atoms with Crippen LogP contribution in [0.2, 0.25) is 0 Å². The molecule has 1 atom stereocenters. The zero-order chi connectivity index (χ0) is 15.1. The summed E-state index contributed by atoms with van der Waals surface area (Å²) in [4.78, 5) is 11.5. The van der Waals surface area contributed by atoms with Crippen LogP contribution >= 0.6 is 50.1 Å². The van der Waals surface area contributed by atoms with Crippen molar-refractivity contribution in [3.05, 3.63) is 66.1 Å². The standard InChI is InChI=1S/C15H10BrClINO2/c1-19-12-5-2-8(6-13(12)21-15(19)20)14(17)10-7-9(18)3-4-11(10)16/h2-7,14H,1H3. The SMILES string of the molecule is Cn1c(=O)oc2cc(C(Cl)c3cc(I)ccc3Br)ccc21. The van der Waals surface area contributed by atoms with Gasteiger partial charge in [-0.3, -0.25) is 4.57 Å². The van der Waals surface area contributed by atoms with Crippen LogP contribution in [0.3, 0.4) is 0 Å². The quantitative estimate of drug-likeness (QED) is 0.391. The van der Waals surface area contributed by atoms with Gasteiger partial charge in [-0.25, -0.2) is 4.79 Å². The van der Waals surface area contributed by atoms with Gasteiger partial charge in [0, 0.05) is 15.1 Å². The molecule has 0 N–H and O–H groups in total. The lowest BCUT2D eigenvalue weighted by molar-refractivity contribution is 0.528. The van der Waals surface area contributed by atoms with Crippen molar-refractivity contribution in [2.45, 2.75) is 5.38 Å². The molecule has 108 valence electrons. The number of alkyl halides is 1. The van der Waals surface area contributed by atoms with Gasteiger partial charge in [-0.05, 0) is 64.0 Å². The Labute approximate surface area is 148 Å². The number of hydrogen-bond donors (Lipinski definition) is 0. The van der Waals surface area contributed by atoms with Crippen molar-refractivity contribution in [2.24, 2.45) is 7.05 Å². The highest BCUT2D eigenvalue weighted by Crippen LogP contribution is 2.35. The number of aryl methyl sites for hydroxylation is 1. The van der Waals surface area contributed by atoms with Crippen molar-refractivity contribution in [1.82, 2.24) is 4.57 Å². The summed E-state index contributed by atoms with van der Waals surface area (Å²) in [6.07, 6.45) is 0. The fourth-order valence-corrected chi connectivity index (χ4v) is 3.64. The van der Waals surface area contributed by atoms with Gasteiger partial charge in [0.05, 0.1) is 10.9 Å². The van der Waals surface area contributed by atoms with E-state index in [1.165, 1.54) is 4.57 Å². The molecule has 0 aliphatic rings. The molecule has 1 heterocycles. The van der Waals surface area contributed by atoms with Crippen molar-refractivity contribution >= 4 is 61.2 Å². The second kappa shape index (κ2) is 5.78. The van der Waals surface area contributed by atoms with Crippen LogP contribution in [0.1, 0.15) is 16.5 Å². The summed E-state index contributed by atoms with van der Waals surface area (Å²) in [7, 11) is 1.68. The summed E-state index contributed by atoms with van der Waals surface area (Å²) in [6, 6.07) is 11.6. The highest BCUT2D eigenvalue weighted by atomic mass is 127. The van der Waals surface area contributed by atoms with Gasteiger partial charge >= 0.3 is 5.76 Å². The average molecular weight is 479 g/mol. The second-order valence-corrected chi connectivity index (χ2v) is 7.22. The first kappa shape index (κ1) is 15.1. The molecule has 6 heteroatoms. The molecule has 0 bridgehead atoms. The molecule has 0 aliphatic heterocycles. The molecule has 0 spiro atoms. The molecule has 0 radical (unpaired) electrons. The van der Waals surface area contributed by atoms with E-state index in [4.69, 9.17) is 16.0 Å². The Hall–Kier alpha value is -0.790. The molecule has 0 aliphatic carbocycles. The van der Waals surface area contributed by atoms with Crippen LogP contribution in [0.4, 0.5) is 0 Å². The molecule has 0 amide bonds. The highest BCUT2D eigenvalue weighted by molar-refractivity contribution is 14.1. The van der Waals surface area contributed by atoms with Crippen LogP contribution in [0.25, 0.3) is 11.1 Å². The first-order valence-corrected chi connectivity index (χ1v) is 8.46. The molecular weight excluding hydrogens is 468 g/mol. The minimum atomic E-state index is -0.372. The summed E-state index contributed by atoms with van der Waals surface area (Å²) in [6.45, 7) is 0. The molecule has 0 saturated carbocycles. The van der Waals surface area contributed by atoms with E-state index >= 15 is 0 Å². The van der Waals surface area contributed by atoms with Crippen LogP contribution in [-0.2, 0) is 7.05 Å². The molecule has 0 saturated heterocycles. The van der Waals surface area contributed by atoms with E-state index in [9.17, 15) is 4.79 Å². The molecule has 3 rings (SSSR count). The van der Waals surface area contributed by atoms with Gasteiger partial charge in [0.15, 0.2) is 5.58 Å². The van der Waals surface area contributed by atoms with Crippen molar-refractivity contribution in [3.63, 3.8) is 0 Å². The molecule has 2 aromatic carbocycles. The van der Waals surface area contributed by atoms with E-state index in [1.54, 1.807) is 7.05 Å². The fourth-order valence-electron chi connectivity index (χ4n) is 2.20. The third kappa shape index (κ3) is 2.78. The third-order valence-corrected chi connectivity index (χ3v) is 5.22. The summed E-state index contributed by atoms with van der Waals surface area (Å²) in [5.41, 5.74) is 3.18. The van der Waals surface area contributed by atoms with E-state index in [1.807, 2.05) is 36.4 Å². The van der Waals surface area contributed by atoms with Gasteiger partial charge in [0.2, 0.25) is 0 Å². The smallest absolute Gasteiger partial charge is 0.408 e. The number of nitrogens with zero attached hydrogens (tertiary/aromatic N) is 1. The topological polar surface area (TPSA) is 35.1 Å². The third-order valence-electron chi connectivity index (χ3n) is 3.34. The Morgan fingerprint density at radius 2 is 2.05 bits per heavy atom. The molecule has 21 heavy (non-hydrogen) atoms. The predicted octanol–water partition coefficient (Wildman–Crippen LogP) is 4.83. The summed E-state index contributed by atoms with van der Waals surface area (Å²) >= 11 is 12.4. The number of oxazole rings is 1. The minimum absolute atomic E-state index is 0.316. The van der Waals surface area contributed by atoms with Gasteiger partial charge in [-0.1, -0.05) is 22.0 Å². The van der Waals surface area contributed by atoms with Crippen LogP contribution in [0.5, 0.6) is 0 Å². The lowest BCUT2D eigenvalue weighted by Crippen LogP contribution is -2.08. The maximum Gasteiger partial charge on any atom is 0.419 e. The van der Waals surface area contributed by atoms with Gasteiger partial charge in [0.25, 0.3) is 0 Å². The van der Waals surface area contributed by atoms with Crippen LogP contribution in [0, 0.1) is 3.57 Å². The normalized spacial score (nSPS) is 12.8. The van der Waals surface area contributed by atoms with Gasteiger partial charge in [-0.2, -0.15) is 0 Å². The zero-order valence-corrected chi connectivity index (χ0v) is 15.4. The second-order valence-electron chi connectivity index (χ2n) is 4.68. The lowest BCUT2D eigenvalue weighted by atomic mass is 10.0. The maximum absolute atomic E-state index is 11.5. The molecule has 1 aromatic heterocycles. The molecular formula is C15H10BrClINO2. The zero-order valence-electron chi connectivity index (χ0n) is 10.9. The van der Waals surface area contributed by atoms with Crippen molar-refractivity contribution in [3.8, 4) is 0 Å². The van der Waals surface area contributed by atoms with Crippen molar-refractivity contribution in [2.75, 3.05) is 0 Å². The van der Waals surface area contributed by atoms with Crippen LogP contribution < -0.4 is 5.76 Å². The maximum atomic E-state index is 11.5. The van der Waals surface area contributed by atoms with E-state index in [2.05, 4.69) is 38.5 Å². The Morgan fingerprint density at radius 3 is 2.81 bits per heavy atom. The van der Waals surface area contributed by atoms with E-state index in [0.717, 1.165) is 24.7 Å². The minimum Gasteiger partial charge on any atom is -0.408 e. The largest absolute Gasteiger partial charge is 0.419 e. The predicted molar refractivity (Wildman–Crippen MR) is 96.0 cm³/mol. The van der Waals surface area contributed by atoms with E-state index in [0.29, 0.717) is 5.58 Å². The first-order chi connectivity index (χ1) is 9.97. The van der Waals surface area contributed by atoms with E-state index < -0.39 is 0 Å². The van der Waals surface area contributed by atoms with Gasteiger partial charge in [-0.15, -0.1) is 11.6 Å². The first-order valence-electron chi connectivity index (χ1n) is 6.16. The summed E-state index contributed by atoms with van der Waals surface area (Å²) in [5.74, 6) is -0.372. The fraction of sp³-hybridized carbons (Fsp3) is 0.133. The highest BCUT2D eigenvalue weighted by Gasteiger charge is 2.16. The number of fused-ring (bicyclic) bond motifs is 1. The molecule has 1 unspecified atom stereocenters. The van der Waals surface area contributed by atoms with Gasteiger partial charge in [0.1, 0.15) is 0 Å². The number of hydrogen-bond acceptors (Lipinski definition) is 2. The van der Waals surface area contributed by atoms with E-state index in [-0.39, 0.29) is 11.1 Å². The van der Waals surface area contributed by atoms with Crippen molar-refractivity contribution < 1.29 is 4.42 Å².